The lowest BCUT2D eigenvalue weighted by Gasteiger charge is -2.08. The highest BCUT2D eigenvalue weighted by Crippen LogP contribution is 2.23. The van der Waals surface area contributed by atoms with Gasteiger partial charge in [0.25, 0.3) is 0 Å². The standard InChI is InChI=1S/C15H17N3O3/c1-3-21-13-6-4-5-12(8-13)10-17-15-14(18(19)20)7-11(2)9-16-15/h4-9H,3,10H2,1-2H3,(H,16,17). The topological polar surface area (TPSA) is 77.3 Å². The lowest BCUT2D eigenvalue weighted by molar-refractivity contribution is -0.384. The number of aromatic nitrogens is 1. The van der Waals surface area contributed by atoms with Gasteiger partial charge in [-0.1, -0.05) is 12.1 Å². The van der Waals surface area contributed by atoms with Crippen molar-refractivity contribution in [2.45, 2.75) is 20.4 Å². The summed E-state index contributed by atoms with van der Waals surface area (Å²) in [5, 5.41) is 14.0. The zero-order valence-corrected chi connectivity index (χ0v) is 12.0. The molecule has 21 heavy (non-hydrogen) atoms. The van der Waals surface area contributed by atoms with E-state index in [4.69, 9.17) is 4.74 Å². The van der Waals surface area contributed by atoms with E-state index < -0.39 is 4.92 Å². The van der Waals surface area contributed by atoms with Crippen LogP contribution in [0, 0.1) is 17.0 Å². The van der Waals surface area contributed by atoms with Gasteiger partial charge in [-0.2, -0.15) is 0 Å². The van der Waals surface area contributed by atoms with Crippen LogP contribution in [-0.4, -0.2) is 16.5 Å². The van der Waals surface area contributed by atoms with Gasteiger partial charge in [-0.25, -0.2) is 4.98 Å². The lowest BCUT2D eigenvalue weighted by Crippen LogP contribution is -2.05. The first-order valence-corrected chi connectivity index (χ1v) is 6.66. The summed E-state index contributed by atoms with van der Waals surface area (Å²) >= 11 is 0. The van der Waals surface area contributed by atoms with Crippen LogP contribution in [0.15, 0.2) is 36.5 Å². The molecule has 1 aromatic carbocycles. The predicted octanol–water partition coefficient (Wildman–Crippen LogP) is 3.31. The summed E-state index contributed by atoms with van der Waals surface area (Å²) in [5.41, 5.74) is 1.71. The number of nitrogens with zero attached hydrogens (tertiary/aromatic N) is 2. The molecular weight excluding hydrogens is 270 g/mol. The number of nitrogens with one attached hydrogen (secondary N) is 1. The van der Waals surface area contributed by atoms with Gasteiger partial charge in [0.1, 0.15) is 5.75 Å². The number of benzene rings is 1. The van der Waals surface area contributed by atoms with Crippen LogP contribution in [0.2, 0.25) is 0 Å². The molecule has 0 spiro atoms. The van der Waals surface area contributed by atoms with Gasteiger partial charge in [-0.3, -0.25) is 10.1 Å². The van der Waals surface area contributed by atoms with E-state index in [0.29, 0.717) is 13.2 Å². The van der Waals surface area contributed by atoms with Gasteiger partial charge >= 0.3 is 5.69 Å². The van der Waals surface area contributed by atoms with Gasteiger partial charge in [0.15, 0.2) is 0 Å². The number of anilines is 1. The molecular formula is C15H17N3O3. The van der Waals surface area contributed by atoms with Crippen molar-refractivity contribution in [3.8, 4) is 5.75 Å². The zero-order chi connectivity index (χ0) is 15.2. The summed E-state index contributed by atoms with van der Waals surface area (Å²) < 4.78 is 5.42. The number of pyridine rings is 1. The highest BCUT2D eigenvalue weighted by atomic mass is 16.6. The molecule has 0 fully saturated rings. The first kappa shape index (κ1) is 14.8. The number of hydrogen-bond acceptors (Lipinski definition) is 5. The minimum Gasteiger partial charge on any atom is -0.494 e. The third kappa shape index (κ3) is 3.92. The number of aryl methyl sites for hydroxylation is 1. The fraction of sp³-hybridized carbons (Fsp3) is 0.267. The third-order valence-electron chi connectivity index (χ3n) is 2.87. The molecule has 2 aromatic rings. The molecule has 0 unspecified atom stereocenters. The summed E-state index contributed by atoms with van der Waals surface area (Å²) in [6.07, 6.45) is 1.60. The van der Waals surface area contributed by atoms with Crippen molar-refractivity contribution in [3.05, 3.63) is 57.8 Å². The molecule has 0 aliphatic carbocycles. The minimum absolute atomic E-state index is 0.0176. The molecule has 110 valence electrons. The summed E-state index contributed by atoms with van der Waals surface area (Å²) in [7, 11) is 0. The van der Waals surface area contributed by atoms with Gasteiger partial charge < -0.3 is 10.1 Å². The van der Waals surface area contributed by atoms with Crippen LogP contribution in [-0.2, 0) is 6.54 Å². The number of hydrogen-bond donors (Lipinski definition) is 1. The molecule has 0 amide bonds. The van der Waals surface area contributed by atoms with E-state index in [9.17, 15) is 10.1 Å². The minimum atomic E-state index is -0.432. The van der Waals surface area contributed by atoms with Gasteiger partial charge in [-0.05, 0) is 37.1 Å². The smallest absolute Gasteiger partial charge is 0.311 e. The largest absolute Gasteiger partial charge is 0.494 e. The quantitative estimate of drug-likeness (QED) is 0.651. The Morgan fingerprint density at radius 3 is 2.90 bits per heavy atom. The number of ether oxygens (including phenoxy) is 1. The van der Waals surface area contributed by atoms with Crippen LogP contribution in [0.1, 0.15) is 18.1 Å². The van der Waals surface area contributed by atoms with Crippen LogP contribution < -0.4 is 10.1 Å². The normalized spacial score (nSPS) is 10.2. The second kappa shape index (κ2) is 6.69. The third-order valence-corrected chi connectivity index (χ3v) is 2.87. The molecule has 0 aliphatic heterocycles. The van der Waals surface area contributed by atoms with Crippen molar-refractivity contribution < 1.29 is 9.66 Å². The molecule has 2 rings (SSSR count). The number of nitro groups is 1. The van der Waals surface area contributed by atoms with Crippen molar-refractivity contribution in [2.75, 3.05) is 11.9 Å². The summed E-state index contributed by atoms with van der Waals surface area (Å²) in [5.74, 6) is 1.05. The Morgan fingerprint density at radius 1 is 1.38 bits per heavy atom. The van der Waals surface area contributed by atoms with Crippen molar-refractivity contribution in [1.82, 2.24) is 4.98 Å². The number of rotatable bonds is 6. The van der Waals surface area contributed by atoms with Crippen molar-refractivity contribution in [3.63, 3.8) is 0 Å². The maximum atomic E-state index is 11.0. The van der Waals surface area contributed by atoms with Gasteiger partial charge in [-0.15, -0.1) is 0 Å². The first-order valence-electron chi connectivity index (χ1n) is 6.66. The Hall–Kier alpha value is -2.63. The molecule has 0 saturated carbocycles. The Kier molecular flexibility index (Phi) is 4.71. The van der Waals surface area contributed by atoms with E-state index in [2.05, 4.69) is 10.3 Å². The van der Waals surface area contributed by atoms with Gasteiger partial charge in [0, 0.05) is 18.8 Å². The molecule has 0 saturated heterocycles. The molecule has 6 heteroatoms. The maximum absolute atomic E-state index is 11.0. The summed E-state index contributed by atoms with van der Waals surface area (Å²) in [6, 6.07) is 9.09. The van der Waals surface area contributed by atoms with Crippen LogP contribution in [0.4, 0.5) is 11.5 Å². The molecule has 0 radical (unpaired) electrons. The van der Waals surface area contributed by atoms with Crippen molar-refractivity contribution in [2.24, 2.45) is 0 Å². The van der Waals surface area contributed by atoms with E-state index in [-0.39, 0.29) is 11.5 Å². The Bertz CT molecular complexity index is 644. The molecule has 0 atom stereocenters. The Labute approximate surface area is 122 Å². The highest BCUT2D eigenvalue weighted by molar-refractivity contribution is 5.56. The lowest BCUT2D eigenvalue weighted by atomic mass is 10.2. The first-order chi connectivity index (χ1) is 10.1. The fourth-order valence-corrected chi connectivity index (χ4v) is 1.93. The van der Waals surface area contributed by atoms with Crippen LogP contribution in [0.5, 0.6) is 5.75 Å². The summed E-state index contributed by atoms with van der Waals surface area (Å²) in [6.45, 7) is 4.74. The SMILES string of the molecule is CCOc1cccc(CNc2ncc(C)cc2[N+](=O)[O-])c1. The van der Waals surface area contributed by atoms with E-state index in [1.165, 1.54) is 6.07 Å². The van der Waals surface area contributed by atoms with Crippen LogP contribution >= 0.6 is 0 Å². The Morgan fingerprint density at radius 2 is 2.19 bits per heavy atom. The second-order valence-electron chi connectivity index (χ2n) is 4.57. The maximum Gasteiger partial charge on any atom is 0.311 e. The second-order valence-corrected chi connectivity index (χ2v) is 4.57. The molecule has 1 heterocycles. The Balaban J connectivity index is 2.13. The molecule has 1 N–H and O–H groups in total. The molecule has 0 bridgehead atoms. The summed E-state index contributed by atoms with van der Waals surface area (Å²) in [4.78, 5) is 14.7. The fourth-order valence-electron chi connectivity index (χ4n) is 1.93. The van der Waals surface area contributed by atoms with Crippen LogP contribution in [0.25, 0.3) is 0 Å². The molecule has 6 nitrogen and oxygen atoms in total. The zero-order valence-electron chi connectivity index (χ0n) is 12.0. The van der Waals surface area contributed by atoms with E-state index >= 15 is 0 Å². The van der Waals surface area contributed by atoms with E-state index in [1.807, 2.05) is 31.2 Å². The van der Waals surface area contributed by atoms with Gasteiger partial charge in [0.05, 0.1) is 11.5 Å². The van der Waals surface area contributed by atoms with Crippen LogP contribution in [0.3, 0.4) is 0 Å². The van der Waals surface area contributed by atoms with Crippen molar-refractivity contribution >= 4 is 11.5 Å². The van der Waals surface area contributed by atoms with Crippen molar-refractivity contribution in [1.29, 1.82) is 0 Å². The van der Waals surface area contributed by atoms with E-state index in [1.54, 1.807) is 13.1 Å². The highest BCUT2D eigenvalue weighted by Gasteiger charge is 2.15. The molecule has 0 aliphatic rings. The van der Waals surface area contributed by atoms with E-state index in [0.717, 1.165) is 16.9 Å². The predicted molar refractivity (Wildman–Crippen MR) is 80.6 cm³/mol. The monoisotopic (exact) mass is 287 g/mol. The molecule has 1 aromatic heterocycles. The average molecular weight is 287 g/mol. The van der Waals surface area contributed by atoms with Gasteiger partial charge in [0.2, 0.25) is 5.82 Å². The average Bonchev–Trinajstić information content (AvgIpc) is 2.46.